The number of hydrogen-bond acceptors (Lipinski definition) is 7. The van der Waals surface area contributed by atoms with Gasteiger partial charge in [0.1, 0.15) is 0 Å². The van der Waals surface area contributed by atoms with Crippen LogP contribution < -0.4 is 10.4 Å². The lowest BCUT2D eigenvalue weighted by Crippen LogP contribution is -2.22. The summed E-state index contributed by atoms with van der Waals surface area (Å²) in [6, 6.07) is 0.349. The van der Waals surface area contributed by atoms with Crippen molar-refractivity contribution in [1.29, 1.82) is 0 Å². The SMILES string of the molecule is O=C([O-])CCCNc1c([N+](=O)[O-])cc(C(F)(F)F)cc1[N+](=O)[O-]. The summed E-state index contributed by atoms with van der Waals surface area (Å²) < 4.78 is 38.0. The van der Waals surface area contributed by atoms with E-state index in [0.29, 0.717) is 0 Å². The average molecular weight is 336 g/mol. The van der Waals surface area contributed by atoms with Crippen LogP contribution in [0, 0.1) is 20.2 Å². The van der Waals surface area contributed by atoms with Crippen LogP contribution in [0.15, 0.2) is 12.1 Å². The van der Waals surface area contributed by atoms with Crippen molar-refractivity contribution < 1.29 is 32.9 Å². The van der Waals surface area contributed by atoms with Crippen LogP contribution in [-0.4, -0.2) is 22.4 Å². The van der Waals surface area contributed by atoms with Gasteiger partial charge in [0.2, 0.25) is 0 Å². The molecule has 0 bridgehead atoms. The van der Waals surface area contributed by atoms with E-state index < -0.39 is 51.0 Å². The molecule has 0 aliphatic rings. The summed E-state index contributed by atoms with van der Waals surface area (Å²) in [4.78, 5) is 29.6. The molecule has 9 nitrogen and oxygen atoms in total. The van der Waals surface area contributed by atoms with Crippen molar-refractivity contribution in [2.75, 3.05) is 11.9 Å². The van der Waals surface area contributed by atoms with E-state index in [9.17, 15) is 43.3 Å². The van der Waals surface area contributed by atoms with E-state index in [-0.39, 0.29) is 25.1 Å². The third-order valence-corrected chi connectivity index (χ3v) is 2.68. The highest BCUT2D eigenvalue weighted by atomic mass is 19.4. The van der Waals surface area contributed by atoms with Crippen molar-refractivity contribution in [3.63, 3.8) is 0 Å². The summed E-state index contributed by atoms with van der Waals surface area (Å²) in [5.74, 6) is -1.40. The second kappa shape index (κ2) is 6.89. The third kappa shape index (κ3) is 4.79. The van der Waals surface area contributed by atoms with Gasteiger partial charge < -0.3 is 15.2 Å². The van der Waals surface area contributed by atoms with Gasteiger partial charge in [0, 0.05) is 24.6 Å². The summed E-state index contributed by atoms with van der Waals surface area (Å²) in [7, 11) is 0. The van der Waals surface area contributed by atoms with Gasteiger partial charge >= 0.3 is 6.18 Å². The first-order chi connectivity index (χ1) is 10.5. The van der Waals surface area contributed by atoms with Gasteiger partial charge in [0.25, 0.3) is 11.4 Å². The number of halogens is 3. The maximum absolute atomic E-state index is 12.7. The molecule has 23 heavy (non-hydrogen) atoms. The molecule has 0 radical (unpaired) electrons. The average Bonchev–Trinajstić information content (AvgIpc) is 2.41. The van der Waals surface area contributed by atoms with Gasteiger partial charge in [-0.1, -0.05) is 0 Å². The Balaban J connectivity index is 3.27. The molecular formula is C11H9F3N3O6-. The molecule has 0 saturated heterocycles. The monoisotopic (exact) mass is 336 g/mol. The highest BCUT2D eigenvalue weighted by molar-refractivity contribution is 5.75. The van der Waals surface area contributed by atoms with Gasteiger partial charge in [-0.15, -0.1) is 0 Å². The molecule has 0 saturated carbocycles. The highest BCUT2D eigenvalue weighted by Gasteiger charge is 2.37. The van der Waals surface area contributed by atoms with Crippen molar-refractivity contribution >= 4 is 23.0 Å². The molecule has 0 fully saturated rings. The molecule has 1 rings (SSSR count). The lowest BCUT2D eigenvalue weighted by molar-refractivity contribution is -0.392. The van der Waals surface area contributed by atoms with Crippen LogP contribution in [-0.2, 0) is 11.0 Å². The number of nitrogens with one attached hydrogen (secondary N) is 1. The molecule has 0 unspecified atom stereocenters. The number of hydrogen-bond donors (Lipinski definition) is 1. The number of alkyl halides is 3. The summed E-state index contributed by atoms with van der Waals surface area (Å²) >= 11 is 0. The standard InChI is InChI=1S/C11H10F3N3O6/c12-11(13,14)6-4-7(16(20)21)10(8(5-6)17(22)23)15-3-1-2-9(18)19/h4-5,15H,1-3H2,(H,18,19)/p-1. The van der Waals surface area contributed by atoms with E-state index in [1.807, 2.05) is 0 Å². The number of carbonyl (C=O) groups is 1. The normalized spacial score (nSPS) is 11.1. The number of carbonyl (C=O) groups excluding carboxylic acids is 1. The number of carboxylic acids is 1. The predicted molar refractivity (Wildman–Crippen MR) is 67.5 cm³/mol. The molecule has 0 aliphatic carbocycles. The highest BCUT2D eigenvalue weighted by Crippen LogP contribution is 2.41. The molecular weight excluding hydrogens is 327 g/mol. The first-order valence-electron chi connectivity index (χ1n) is 6.01. The molecule has 0 spiro atoms. The number of benzene rings is 1. The first-order valence-corrected chi connectivity index (χ1v) is 6.01. The fourth-order valence-corrected chi connectivity index (χ4v) is 1.69. The number of nitro groups is 2. The van der Waals surface area contributed by atoms with Crippen LogP contribution in [0.3, 0.4) is 0 Å². The minimum atomic E-state index is -5.00. The Kier molecular flexibility index (Phi) is 5.43. The van der Waals surface area contributed by atoms with Crippen LogP contribution in [0.4, 0.5) is 30.2 Å². The van der Waals surface area contributed by atoms with Gasteiger partial charge in [-0.2, -0.15) is 13.2 Å². The van der Waals surface area contributed by atoms with E-state index in [0.717, 1.165) is 0 Å². The van der Waals surface area contributed by atoms with Crippen LogP contribution in [0.25, 0.3) is 0 Å². The maximum atomic E-state index is 12.7. The van der Waals surface area contributed by atoms with E-state index in [2.05, 4.69) is 5.32 Å². The number of aliphatic carboxylic acids is 1. The lowest BCUT2D eigenvalue weighted by atomic mass is 10.1. The maximum Gasteiger partial charge on any atom is 0.416 e. The van der Waals surface area contributed by atoms with Crippen molar-refractivity contribution in [3.05, 3.63) is 37.9 Å². The van der Waals surface area contributed by atoms with Crippen molar-refractivity contribution in [3.8, 4) is 0 Å². The molecule has 0 aromatic heterocycles. The second-order valence-corrected chi connectivity index (χ2v) is 4.30. The molecule has 126 valence electrons. The zero-order chi connectivity index (χ0) is 17.8. The van der Waals surface area contributed by atoms with E-state index in [1.165, 1.54) is 0 Å². The van der Waals surface area contributed by atoms with Gasteiger partial charge in [-0.3, -0.25) is 20.2 Å². The first kappa shape index (κ1) is 18.1. The topological polar surface area (TPSA) is 138 Å². The van der Waals surface area contributed by atoms with Gasteiger partial charge in [-0.05, 0) is 12.8 Å². The van der Waals surface area contributed by atoms with Crippen LogP contribution in [0.2, 0.25) is 0 Å². The lowest BCUT2D eigenvalue weighted by Gasteiger charge is -2.11. The van der Waals surface area contributed by atoms with Crippen LogP contribution in [0.1, 0.15) is 18.4 Å². The zero-order valence-corrected chi connectivity index (χ0v) is 11.3. The second-order valence-electron chi connectivity index (χ2n) is 4.30. The van der Waals surface area contributed by atoms with Gasteiger partial charge in [0.15, 0.2) is 5.69 Å². The quantitative estimate of drug-likeness (QED) is 0.452. The van der Waals surface area contributed by atoms with Crippen molar-refractivity contribution in [1.82, 2.24) is 0 Å². The summed E-state index contributed by atoms with van der Waals surface area (Å²) in [6.07, 6.45) is -5.50. The number of nitrogens with zero attached hydrogens (tertiary/aromatic N) is 2. The minimum Gasteiger partial charge on any atom is -0.550 e. The molecule has 12 heteroatoms. The molecule has 1 aromatic carbocycles. The molecule has 0 amide bonds. The molecule has 0 aliphatic heterocycles. The number of carboxylic acid groups (broad SMARTS) is 1. The predicted octanol–water partition coefficient (Wildman–Crippen LogP) is 1.46. The largest absolute Gasteiger partial charge is 0.550 e. The van der Waals surface area contributed by atoms with Crippen molar-refractivity contribution in [2.45, 2.75) is 19.0 Å². The molecule has 0 heterocycles. The van der Waals surface area contributed by atoms with Gasteiger partial charge in [-0.25, -0.2) is 0 Å². The molecule has 1 aromatic rings. The number of rotatable bonds is 7. The summed E-state index contributed by atoms with van der Waals surface area (Å²) in [6.45, 7) is -0.235. The van der Waals surface area contributed by atoms with Crippen molar-refractivity contribution in [2.24, 2.45) is 0 Å². The summed E-state index contributed by atoms with van der Waals surface area (Å²) in [5, 5.41) is 34.2. The Morgan fingerprint density at radius 1 is 1.13 bits per heavy atom. The van der Waals surface area contributed by atoms with E-state index in [4.69, 9.17) is 0 Å². The Bertz CT molecular complexity index is 611. The summed E-state index contributed by atoms with van der Waals surface area (Å²) in [5.41, 5.74) is -4.50. The number of nitro benzene ring substituents is 2. The Morgan fingerprint density at radius 3 is 1.96 bits per heavy atom. The van der Waals surface area contributed by atoms with Crippen LogP contribution >= 0.6 is 0 Å². The Morgan fingerprint density at radius 2 is 1.61 bits per heavy atom. The Labute approximate surface area is 126 Å². The Hall–Kier alpha value is -2.92. The molecule has 0 atom stereocenters. The van der Waals surface area contributed by atoms with E-state index in [1.54, 1.807) is 0 Å². The van der Waals surface area contributed by atoms with Crippen LogP contribution in [0.5, 0.6) is 0 Å². The molecule has 1 N–H and O–H groups in total. The zero-order valence-electron chi connectivity index (χ0n) is 11.3. The smallest absolute Gasteiger partial charge is 0.416 e. The van der Waals surface area contributed by atoms with E-state index >= 15 is 0 Å². The third-order valence-electron chi connectivity index (χ3n) is 2.68. The van der Waals surface area contributed by atoms with Gasteiger partial charge in [0.05, 0.1) is 15.4 Å². The fourth-order valence-electron chi connectivity index (χ4n) is 1.69. The fraction of sp³-hybridized carbons (Fsp3) is 0.364. The minimum absolute atomic E-state index is 0.0857. The number of anilines is 1.